The number of ether oxygens (including phenoxy) is 1. The molecule has 2 N–H and O–H groups in total. The zero-order valence-electron chi connectivity index (χ0n) is 17.5. The number of amides is 1. The molecular formula is C23H27ClN4O2. The minimum atomic E-state index is -0.396. The molecule has 30 heavy (non-hydrogen) atoms. The second-order valence-corrected chi connectivity index (χ2v) is 7.59. The van der Waals surface area contributed by atoms with E-state index >= 15 is 0 Å². The van der Waals surface area contributed by atoms with E-state index in [1.807, 2.05) is 43.1 Å². The molecule has 1 aliphatic rings. The Hall–Kier alpha value is -2.83. The molecule has 2 aromatic rings. The Morgan fingerprint density at radius 1 is 1.40 bits per heavy atom. The molecule has 1 aliphatic carbocycles. The van der Waals surface area contributed by atoms with Gasteiger partial charge in [-0.1, -0.05) is 29.8 Å². The fraction of sp³-hybridized carbons (Fsp3) is 0.304. The number of nitrogens with zero attached hydrogens (tertiary/aromatic N) is 2. The highest BCUT2D eigenvalue weighted by atomic mass is 35.5. The molecule has 1 heterocycles. The van der Waals surface area contributed by atoms with Gasteiger partial charge in [0.05, 0.1) is 24.3 Å². The summed E-state index contributed by atoms with van der Waals surface area (Å²) in [4.78, 5) is 16.8. The minimum absolute atomic E-state index is 0.0162. The molecule has 0 aliphatic heterocycles. The van der Waals surface area contributed by atoms with Crippen molar-refractivity contribution in [3.05, 3.63) is 82.6 Å². The zero-order valence-corrected chi connectivity index (χ0v) is 18.2. The predicted molar refractivity (Wildman–Crippen MR) is 120 cm³/mol. The highest BCUT2D eigenvalue weighted by Crippen LogP contribution is 2.37. The van der Waals surface area contributed by atoms with E-state index in [-0.39, 0.29) is 12.5 Å². The molecule has 0 unspecified atom stereocenters. The number of rotatable bonds is 7. The molecule has 1 amide bonds. The fourth-order valence-corrected chi connectivity index (χ4v) is 3.76. The Bertz CT molecular complexity index is 991. The van der Waals surface area contributed by atoms with E-state index in [2.05, 4.69) is 33.8 Å². The lowest BCUT2D eigenvalue weighted by atomic mass is 9.92. The molecule has 158 valence electrons. The average molecular weight is 427 g/mol. The van der Waals surface area contributed by atoms with Gasteiger partial charge in [-0.2, -0.15) is 0 Å². The molecule has 0 radical (unpaired) electrons. The van der Waals surface area contributed by atoms with Gasteiger partial charge in [-0.3, -0.25) is 4.79 Å². The zero-order chi connectivity index (χ0) is 21.5. The van der Waals surface area contributed by atoms with E-state index in [0.29, 0.717) is 5.02 Å². The molecule has 0 bridgehead atoms. The van der Waals surface area contributed by atoms with Gasteiger partial charge in [-0.25, -0.2) is 4.98 Å². The minimum Gasteiger partial charge on any atom is -0.394 e. The fourth-order valence-electron chi connectivity index (χ4n) is 3.59. The number of allylic oxidation sites excluding steroid dienone is 4. The van der Waals surface area contributed by atoms with Gasteiger partial charge in [0.25, 0.3) is 0 Å². The van der Waals surface area contributed by atoms with Crippen LogP contribution in [0.15, 0.2) is 60.7 Å². The summed E-state index contributed by atoms with van der Waals surface area (Å²) in [6.45, 7) is -0.0162. The van der Waals surface area contributed by atoms with Crippen molar-refractivity contribution in [2.45, 2.75) is 18.9 Å². The number of imidazole rings is 1. The predicted octanol–water partition coefficient (Wildman–Crippen LogP) is 3.57. The topological polar surface area (TPSA) is 68.2 Å². The number of carbonyl (C=O) groups excluding carboxylic acids is 1. The van der Waals surface area contributed by atoms with Crippen LogP contribution in [0.5, 0.6) is 0 Å². The molecule has 1 aromatic heterocycles. The van der Waals surface area contributed by atoms with Gasteiger partial charge in [-0.15, -0.1) is 0 Å². The Kier molecular flexibility index (Phi) is 7.49. The number of hydrogen-bond donors (Lipinski definition) is 2. The van der Waals surface area contributed by atoms with E-state index in [1.165, 1.54) is 12.7 Å². The summed E-state index contributed by atoms with van der Waals surface area (Å²) in [5.41, 5.74) is 5.25. The number of aromatic nitrogens is 2. The first kappa shape index (κ1) is 21.9. The second-order valence-electron chi connectivity index (χ2n) is 7.15. The number of carbonyl (C=O) groups is 1. The maximum atomic E-state index is 12.5. The van der Waals surface area contributed by atoms with Crippen LogP contribution in [-0.2, 0) is 23.0 Å². The largest absolute Gasteiger partial charge is 0.394 e. The molecule has 3 rings (SSSR count). The van der Waals surface area contributed by atoms with E-state index in [0.717, 1.165) is 35.2 Å². The SMILES string of the molecule is CN/C=C\C=C1\C=C([C@@H](NC(=O)COC)c2cncn2C)c2cc(Cl)ccc2CC1. The summed E-state index contributed by atoms with van der Waals surface area (Å²) < 4.78 is 6.95. The lowest BCUT2D eigenvalue weighted by Gasteiger charge is -2.24. The lowest BCUT2D eigenvalue weighted by molar-refractivity contribution is -0.125. The van der Waals surface area contributed by atoms with Crippen molar-refractivity contribution in [1.82, 2.24) is 20.2 Å². The Morgan fingerprint density at radius 3 is 2.93 bits per heavy atom. The molecule has 6 nitrogen and oxygen atoms in total. The van der Waals surface area contributed by atoms with Gasteiger partial charge >= 0.3 is 0 Å². The van der Waals surface area contributed by atoms with Crippen molar-refractivity contribution in [2.24, 2.45) is 7.05 Å². The molecular weight excluding hydrogens is 400 g/mol. The van der Waals surface area contributed by atoms with Crippen molar-refractivity contribution in [3.8, 4) is 0 Å². The second kappa shape index (κ2) is 10.3. The van der Waals surface area contributed by atoms with Crippen LogP contribution in [0.1, 0.15) is 29.3 Å². The van der Waals surface area contributed by atoms with E-state index in [9.17, 15) is 4.79 Å². The molecule has 7 heteroatoms. The van der Waals surface area contributed by atoms with Crippen LogP contribution in [0.4, 0.5) is 0 Å². The molecule has 0 saturated heterocycles. The Labute approximate surface area is 182 Å². The Balaban J connectivity index is 2.16. The van der Waals surface area contributed by atoms with Crippen LogP contribution in [-0.4, -0.2) is 36.2 Å². The first-order chi connectivity index (χ1) is 14.5. The van der Waals surface area contributed by atoms with Crippen molar-refractivity contribution >= 4 is 23.1 Å². The summed E-state index contributed by atoms with van der Waals surface area (Å²) in [5, 5.41) is 6.78. The highest BCUT2D eigenvalue weighted by molar-refractivity contribution is 6.30. The molecule has 0 fully saturated rings. The molecule has 1 atom stereocenters. The van der Waals surface area contributed by atoms with E-state index in [4.69, 9.17) is 16.3 Å². The monoisotopic (exact) mass is 426 g/mol. The third-order valence-corrected chi connectivity index (χ3v) is 5.26. The normalized spacial score (nSPS) is 16.1. The number of aryl methyl sites for hydroxylation is 2. The third-order valence-electron chi connectivity index (χ3n) is 5.02. The van der Waals surface area contributed by atoms with Gasteiger partial charge in [0.1, 0.15) is 6.61 Å². The first-order valence-corrected chi connectivity index (χ1v) is 10.2. The van der Waals surface area contributed by atoms with Gasteiger partial charge in [0.2, 0.25) is 5.91 Å². The first-order valence-electron chi connectivity index (χ1n) is 9.81. The average Bonchev–Trinajstić information content (AvgIpc) is 3.06. The summed E-state index contributed by atoms with van der Waals surface area (Å²) in [5.74, 6) is -0.196. The Morgan fingerprint density at radius 2 is 2.23 bits per heavy atom. The summed E-state index contributed by atoms with van der Waals surface area (Å²) in [6.07, 6.45) is 13.4. The highest BCUT2D eigenvalue weighted by Gasteiger charge is 2.26. The van der Waals surface area contributed by atoms with Crippen LogP contribution in [0.2, 0.25) is 5.02 Å². The number of halogens is 1. The van der Waals surface area contributed by atoms with E-state index in [1.54, 1.807) is 12.5 Å². The summed E-state index contributed by atoms with van der Waals surface area (Å²) >= 11 is 6.36. The number of fused-ring (bicyclic) bond motifs is 1. The standard InChI is InChI=1S/C23H27ClN4O2/c1-25-10-4-5-16-6-7-17-8-9-18(24)12-19(17)20(11-16)23(27-22(29)14-30-3)21-13-26-15-28(21)2/h4-5,8-13,15,23,25H,6-7,14H2,1-3H3,(H,27,29)/b10-4-,16-5+/t23-/m1/s1. The lowest BCUT2D eigenvalue weighted by Crippen LogP contribution is -2.33. The van der Waals surface area contributed by atoms with Crippen LogP contribution < -0.4 is 10.6 Å². The quantitative estimate of drug-likeness (QED) is 0.710. The molecule has 0 saturated carbocycles. The van der Waals surface area contributed by atoms with Crippen molar-refractivity contribution in [2.75, 3.05) is 20.8 Å². The summed E-state index contributed by atoms with van der Waals surface area (Å²) in [7, 11) is 5.29. The van der Waals surface area contributed by atoms with Crippen molar-refractivity contribution < 1.29 is 9.53 Å². The third kappa shape index (κ3) is 5.20. The van der Waals surface area contributed by atoms with Crippen LogP contribution in [0.3, 0.4) is 0 Å². The van der Waals surface area contributed by atoms with Crippen molar-refractivity contribution in [3.63, 3.8) is 0 Å². The van der Waals surface area contributed by atoms with Crippen LogP contribution >= 0.6 is 11.6 Å². The smallest absolute Gasteiger partial charge is 0.246 e. The van der Waals surface area contributed by atoms with Crippen LogP contribution in [0.25, 0.3) is 5.57 Å². The summed E-state index contributed by atoms with van der Waals surface area (Å²) in [6, 6.07) is 5.55. The van der Waals surface area contributed by atoms with Gasteiger partial charge in [0.15, 0.2) is 0 Å². The number of benzene rings is 1. The number of nitrogens with one attached hydrogen (secondary N) is 2. The number of hydrogen-bond acceptors (Lipinski definition) is 4. The maximum Gasteiger partial charge on any atom is 0.246 e. The van der Waals surface area contributed by atoms with Crippen LogP contribution in [0, 0.1) is 0 Å². The van der Waals surface area contributed by atoms with Gasteiger partial charge < -0.3 is 19.9 Å². The number of methoxy groups -OCH3 is 1. The molecule has 1 aromatic carbocycles. The maximum absolute atomic E-state index is 12.5. The van der Waals surface area contributed by atoms with Crippen molar-refractivity contribution in [1.29, 1.82) is 0 Å². The molecule has 0 spiro atoms. The van der Waals surface area contributed by atoms with Gasteiger partial charge in [0, 0.05) is 26.2 Å². The van der Waals surface area contributed by atoms with E-state index < -0.39 is 6.04 Å². The van der Waals surface area contributed by atoms with Gasteiger partial charge in [-0.05, 0) is 59.5 Å².